The van der Waals surface area contributed by atoms with E-state index in [1.807, 2.05) is 0 Å². The summed E-state index contributed by atoms with van der Waals surface area (Å²) < 4.78 is 1.14. The average Bonchev–Trinajstić information content (AvgIpc) is 2.47. The van der Waals surface area contributed by atoms with Crippen LogP contribution in [0.2, 0.25) is 0 Å². The first-order valence-corrected chi connectivity index (χ1v) is 5.83. The maximum atomic E-state index is 10.8. The van der Waals surface area contributed by atoms with E-state index in [0.717, 1.165) is 22.7 Å². The van der Waals surface area contributed by atoms with Crippen LogP contribution >= 0.6 is 31.9 Å². The third-order valence-corrected chi connectivity index (χ3v) is 3.80. The zero-order chi connectivity index (χ0) is 8.97. The molecule has 1 atom stereocenters. The van der Waals surface area contributed by atoms with Gasteiger partial charge in [0.05, 0.1) is 0 Å². The Balaban J connectivity index is 2.28. The summed E-state index contributed by atoms with van der Waals surface area (Å²) in [6, 6.07) is 0.351. The fraction of sp³-hybridized carbons (Fsp3) is 0.625. The van der Waals surface area contributed by atoms with Gasteiger partial charge in [-0.25, -0.2) is 0 Å². The maximum absolute atomic E-state index is 10.8. The Bertz CT molecular complexity index is 203. The van der Waals surface area contributed by atoms with Crippen molar-refractivity contribution in [3.63, 3.8) is 0 Å². The number of amides is 1. The van der Waals surface area contributed by atoms with Crippen LogP contribution in [0.4, 0.5) is 0 Å². The highest BCUT2D eigenvalue weighted by Gasteiger charge is 2.18. The monoisotopic (exact) mass is 295 g/mol. The van der Waals surface area contributed by atoms with E-state index in [0.29, 0.717) is 12.5 Å². The lowest BCUT2D eigenvalue weighted by Gasteiger charge is -2.05. The lowest BCUT2D eigenvalue weighted by atomic mass is 10.1. The summed E-state index contributed by atoms with van der Waals surface area (Å²) in [4.78, 5) is 10.8. The summed E-state index contributed by atoms with van der Waals surface area (Å²) in [5, 5.41) is 3.75. The molecule has 0 radical (unpaired) electrons. The van der Waals surface area contributed by atoms with Crippen molar-refractivity contribution in [3.8, 4) is 0 Å². The molecule has 1 saturated heterocycles. The summed E-state index contributed by atoms with van der Waals surface area (Å²) >= 11 is 6.73. The van der Waals surface area contributed by atoms with E-state index in [9.17, 15) is 4.79 Å². The fourth-order valence-electron chi connectivity index (χ4n) is 1.18. The second-order valence-corrected chi connectivity index (χ2v) is 4.40. The summed E-state index contributed by atoms with van der Waals surface area (Å²) in [6.07, 6.45) is 4.69. The minimum Gasteiger partial charge on any atom is -0.353 e. The number of allylic oxidation sites excluding steroid dienone is 1. The zero-order valence-electron chi connectivity index (χ0n) is 6.65. The van der Waals surface area contributed by atoms with Crippen LogP contribution < -0.4 is 5.32 Å². The average molecular weight is 297 g/mol. The molecule has 0 bridgehead atoms. The molecule has 0 aromatic carbocycles. The molecule has 1 aliphatic heterocycles. The Hall–Kier alpha value is 0.170. The van der Waals surface area contributed by atoms with Crippen LogP contribution in [-0.2, 0) is 4.79 Å². The van der Waals surface area contributed by atoms with E-state index in [-0.39, 0.29) is 5.91 Å². The molecule has 2 nitrogen and oxygen atoms in total. The van der Waals surface area contributed by atoms with Gasteiger partial charge in [0.2, 0.25) is 5.91 Å². The highest BCUT2D eigenvalue weighted by Crippen LogP contribution is 2.15. The lowest BCUT2D eigenvalue weighted by molar-refractivity contribution is -0.119. The molecular weight excluding hydrogens is 286 g/mol. The van der Waals surface area contributed by atoms with Crippen molar-refractivity contribution in [1.29, 1.82) is 0 Å². The Kier molecular flexibility index (Phi) is 4.29. The Morgan fingerprint density at radius 2 is 2.50 bits per heavy atom. The quantitative estimate of drug-likeness (QED) is 0.796. The van der Waals surface area contributed by atoms with Crippen molar-refractivity contribution in [2.24, 2.45) is 0 Å². The topological polar surface area (TPSA) is 29.1 Å². The molecule has 0 aromatic rings. The van der Waals surface area contributed by atoms with E-state index in [4.69, 9.17) is 0 Å². The predicted molar refractivity (Wildman–Crippen MR) is 56.6 cm³/mol. The van der Waals surface area contributed by atoms with E-state index in [1.165, 1.54) is 0 Å². The first-order valence-electron chi connectivity index (χ1n) is 3.92. The molecule has 1 rings (SSSR count). The standard InChI is InChI=1S/C8H11Br2NO/c9-5-6(10)1-2-7-3-4-8(12)11-7/h1,7H,2-5H2,(H,11,12)/b6-1-. The second kappa shape index (κ2) is 5.02. The number of halogens is 2. The van der Waals surface area contributed by atoms with Crippen molar-refractivity contribution in [3.05, 3.63) is 10.6 Å². The molecule has 0 aliphatic carbocycles. The van der Waals surface area contributed by atoms with Gasteiger partial charge in [-0.3, -0.25) is 4.79 Å². The molecular formula is C8H11Br2NO. The van der Waals surface area contributed by atoms with Gasteiger partial charge in [0.1, 0.15) is 0 Å². The fourth-order valence-corrected chi connectivity index (χ4v) is 1.59. The molecule has 1 N–H and O–H groups in total. The number of nitrogens with one attached hydrogen (secondary N) is 1. The molecule has 1 aliphatic rings. The van der Waals surface area contributed by atoms with E-state index >= 15 is 0 Å². The van der Waals surface area contributed by atoms with Crippen LogP contribution in [0.5, 0.6) is 0 Å². The molecule has 0 spiro atoms. The molecule has 1 heterocycles. The Labute approximate surface area is 89.0 Å². The van der Waals surface area contributed by atoms with Crippen LogP contribution in [0.25, 0.3) is 0 Å². The molecule has 68 valence electrons. The van der Waals surface area contributed by atoms with Crippen molar-refractivity contribution in [1.82, 2.24) is 5.32 Å². The highest BCUT2D eigenvalue weighted by molar-refractivity contribution is 9.13. The van der Waals surface area contributed by atoms with Gasteiger partial charge in [-0.15, -0.1) is 0 Å². The number of alkyl halides is 1. The van der Waals surface area contributed by atoms with Crippen LogP contribution in [-0.4, -0.2) is 17.3 Å². The van der Waals surface area contributed by atoms with E-state index in [2.05, 4.69) is 43.3 Å². The van der Waals surface area contributed by atoms with Crippen molar-refractivity contribution in [2.45, 2.75) is 25.3 Å². The molecule has 12 heavy (non-hydrogen) atoms. The van der Waals surface area contributed by atoms with Crippen molar-refractivity contribution >= 4 is 37.8 Å². The maximum Gasteiger partial charge on any atom is 0.220 e. The third-order valence-electron chi connectivity index (χ3n) is 1.84. The number of rotatable bonds is 3. The minimum atomic E-state index is 0.184. The summed E-state index contributed by atoms with van der Waals surface area (Å²) in [7, 11) is 0. The smallest absolute Gasteiger partial charge is 0.220 e. The first-order chi connectivity index (χ1) is 5.72. The van der Waals surface area contributed by atoms with Crippen molar-refractivity contribution < 1.29 is 4.79 Å². The molecule has 4 heteroatoms. The SMILES string of the molecule is O=C1CCC(C/C=C(\Br)CBr)N1. The lowest BCUT2D eigenvalue weighted by Crippen LogP contribution is -2.24. The summed E-state index contributed by atoms with van der Waals surface area (Å²) in [6.45, 7) is 0. The zero-order valence-corrected chi connectivity index (χ0v) is 9.82. The van der Waals surface area contributed by atoms with Crippen LogP contribution in [0.15, 0.2) is 10.6 Å². The van der Waals surface area contributed by atoms with Gasteiger partial charge in [0.15, 0.2) is 0 Å². The number of hydrogen-bond donors (Lipinski definition) is 1. The third kappa shape index (κ3) is 3.27. The molecule has 1 amide bonds. The highest BCUT2D eigenvalue weighted by atomic mass is 79.9. The van der Waals surface area contributed by atoms with Crippen LogP contribution in [0, 0.1) is 0 Å². The molecule has 1 unspecified atom stereocenters. The Morgan fingerprint density at radius 1 is 1.75 bits per heavy atom. The van der Waals surface area contributed by atoms with E-state index in [1.54, 1.807) is 0 Å². The first kappa shape index (κ1) is 10.3. The second-order valence-electron chi connectivity index (χ2n) is 2.82. The molecule has 0 aromatic heterocycles. The van der Waals surface area contributed by atoms with Gasteiger partial charge in [-0.05, 0) is 12.8 Å². The predicted octanol–water partition coefficient (Wildman–Crippen LogP) is 2.33. The minimum absolute atomic E-state index is 0.184. The van der Waals surface area contributed by atoms with Crippen molar-refractivity contribution in [2.75, 3.05) is 5.33 Å². The van der Waals surface area contributed by atoms with Crippen LogP contribution in [0.3, 0.4) is 0 Å². The van der Waals surface area contributed by atoms with E-state index < -0.39 is 0 Å². The van der Waals surface area contributed by atoms with Gasteiger partial charge < -0.3 is 5.32 Å². The van der Waals surface area contributed by atoms with Gasteiger partial charge in [0, 0.05) is 22.3 Å². The normalized spacial score (nSPS) is 24.3. The summed E-state index contributed by atoms with van der Waals surface area (Å²) in [5.74, 6) is 0.184. The van der Waals surface area contributed by atoms with Crippen LogP contribution in [0.1, 0.15) is 19.3 Å². The number of hydrogen-bond acceptors (Lipinski definition) is 1. The Morgan fingerprint density at radius 3 is 3.00 bits per heavy atom. The van der Waals surface area contributed by atoms with Gasteiger partial charge >= 0.3 is 0 Å². The van der Waals surface area contributed by atoms with Gasteiger partial charge in [-0.1, -0.05) is 37.9 Å². The van der Waals surface area contributed by atoms with Gasteiger partial charge in [-0.2, -0.15) is 0 Å². The molecule has 0 saturated carbocycles. The number of carbonyl (C=O) groups excluding carboxylic acids is 1. The number of carbonyl (C=O) groups is 1. The largest absolute Gasteiger partial charge is 0.353 e. The summed E-state index contributed by atoms with van der Waals surface area (Å²) in [5.41, 5.74) is 0. The van der Waals surface area contributed by atoms with Gasteiger partial charge in [0.25, 0.3) is 0 Å². The molecule has 1 fully saturated rings.